The van der Waals surface area contributed by atoms with Crippen molar-refractivity contribution in [2.24, 2.45) is 0 Å². The number of hydrogen-bond donors (Lipinski definition) is 2. The Balaban J connectivity index is 1.32. The first-order valence-corrected chi connectivity index (χ1v) is 12.3. The molecule has 1 aromatic carbocycles. The molecule has 3 fully saturated rings. The van der Waals surface area contributed by atoms with Crippen LogP contribution in [0.1, 0.15) is 49.4 Å². The zero-order valence-electron chi connectivity index (χ0n) is 20.3. The van der Waals surface area contributed by atoms with Gasteiger partial charge in [0, 0.05) is 25.1 Å². The maximum Gasteiger partial charge on any atom is 0.310 e. The molecule has 4 heterocycles. The number of cyclic esters (lactones) is 1. The number of nitrogens with zero attached hydrogens (tertiary/aromatic N) is 2. The maximum atomic E-state index is 13.6. The summed E-state index contributed by atoms with van der Waals surface area (Å²) in [6, 6.07) is 1.95. The van der Waals surface area contributed by atoms with Crippen molar-refractivity contribution >= 4 is 29.6 Å². The van der Waals surface area contributed by atoms with E-state index in [2.05, 4.69) is 10.6 Å². The fraction of sp³-hybridized carbons (Fsp3) is 0.542. The summed E-state index contributed by atoms with van der Waals surface area (Å²) < 4.78 is 21.1. The van der Waals surface area contributed by atoms with E-state index < -0.39 is 48.1 Å². The predicted molar refractivity (Wildman–Crippen MR) is 123 cm³/mol. The molecule has 13 nitrogen and oxygen atoms in total. The van der Waals surface area contributed by atoms with Gasteiger partial charge in [0.05, 0.1) is 6.42 Å². The van der Waals surface area contributed by atoms with Crippen molar-refractivity contribution in [2.45, 2.75) is 63.4 Å². The zero-order chi connectivity index (χ0) is 26.1. The van der Waals surface area contributed by atoms with Gasteiger partial charge in [-0.15, -0.1) is 0 Å². The lowest BCUT2D eigenvalue weighted by Crippen LogP contribution is -2.64. The first-order valence-electron chi connectivity index (χ1n) is 12.3. The Morgan fingerprint density at radius 1 is 1.11 bits per heavy atom. The van der Waals surface area contributed by atoms with E-state index in [4.69, 9.17) is 18.9 Å². The third kappa shape index (κ3) is 4.90. The summed E-state index contributed by atoms with van der Waals surface area (Å²) in [6.45, 7) is 2.36. The Labute approximate surface area is 212 Å². The summed E-state index contributed by atoms with van der Waals surface area (Å²) in [7, 11) is 0. The average molecular weight is 517 g/mol. The number of nitrogens with one attached hydrogen (secondary N) is 2. The fourth-order valence-electron chi connectivity index (χ4n) is 4.93. The van der Waals surface area contributed by atoms with Crippen LogP contribution in [0.5, 0.6) is 11.5 Å². The summed E-state index contributed by atoms with van der Waals surface area (Å²) in [5.74, 6) is -1.46. The number of fused-ring (bicyclic) bond motifs is 2. The third-order valence-corrected chi connectivity index (χ3v) is 6.73. The van der Waals surface area contributed by atoms with Crippen LogP contribution in [0, 0.1) is 0 Å². The number of carbonyl (C=O) groups excluding carboxylic acids is 5. The molecule has 4 atom stereocenters. The number of carbonyl (C=O) groups is 5. The van der Waals surface area contributed by atoms with E-state index >= 15 is 0 Å². The SMILES string of the molecule is CCOC1OC(=O)C[C@@H]1NC(=O)[C@@H]1CCCN2C(=O)CC[C@H](NC(=O)c3ccc4c(c3)OCO4)C(=O)N12. The molecule has 4 amide bonds. The standard InChI is InChI=1S/C24H28N4O9/c1-2-34-24-15(11-20(30)37-24)26-22(32)16-4-3-9-27-19(29)8-6-14(23(33)28(16)27)25-21(31)13-5-7-17-18(10-13)36-12-35-17/h5,7,10,14-16,24H,2-4,6,8-9,11-12H2,1H3,(H,25,31)(H,26,32)/t14-,15-,16-,24?/m0/s1. The molecule has 37 heavy (non-hydrogen) atoms. The van der Waals surface area contributed by atoms with Gasteiger partial charge in [-0.2, -0.15) is 0 Å². The molecule has 0 bridgehead atoms. The minimum atomic E-state index is -1.02. The summed E-state index contributed by atoms with van der Waals surface area (Å²) in [4.78, 5) is 64.6. The normalized spacial score (nSPS) is 26.9. The lowest BCUT2D eigenvalue weighted by Gasteiger charge is -2.43. The Hall–Kier alpha value is -3.87. The zero-order valence-corrected chi connectivity index (χ0v) is 20.3. The second-order valence-corrected chi connectivity index (χ2v) is 9.12. The molecule has 5 rings (SSSR count). The molecule has 0 spiro atoms. The Morgan fingerprint density at radius 3 is 2.73 bits per heavy atom. The molecule has 0 radical (unpaired) electrons. The quantitative estimate of drug-likeness (QED) is 0.491. The number of rotatable bonds is 6. The summed E-state index contributed by atoms with van der Waals surface area (Å²) >= 11 is 0. The van der Waals surface area contributed by atoms with Crippen LogP contribution >= 0.6 is 0 Å². The summed E-state index contributed by atoms with van der Waals surface area (Å²) in [6.07, 6.45) is -0.0426. The maximum absolute atomic E-state index is 13.6. The van der Waals surface area contributed by atoms with Crippen LogP contribution < -0.4 is 20.1 Å². The molecule has 198 valence electrons. The summed E-state index contributed by atoms with van der Waals surface area (Å²) in [5, 5.41) is 7.91. The van der Waals surface area contributed by atoms with Crippen molar-refractivity contribution in [3.8, 4) is 11.5 Å². The molecular formula is C24H28N4O9. The van der Waals surface area contributed by atoms with Crippen LogP contribution in [-0.2, 0) is 28.7 Å². The first kappa shape index (κ1) is 24.8. The minimum absolute atomic E-state index is 0.0278. The second kappa shape index (κ2) is 10.2. The lowest BCUT2D eigenvalue weighted by atomic mass is 10.0. The van der Waals surface area contributed by atoms with Crippen LogP contribution in [0.2, 0.25) is 0 Å². The van der Waals surface area contributed by atoms with E-state index in [1.54, 1.807) is 19.1 Å². The van der Waals surface area contributed by atoms with Crippen molar-refractivity contribution in [1.29, 1.82) is 0 Å². The molecule has 2 N–H and O–H groups in total. The van der Waals surface area contributed by atoms with E-state index in [9.17, 15) is 24.0 Å². The van der Waals surface area contributed by atoms with Gasteiger partial charge < -0.3 is 29.6 Å². The molecule has 0 aromatic heterocycles. The largest absolute Gasteiger partial charge is 0.454 e. The van der Waals surface area contributed by atoms with Crippen molar-refractivity contribution in [3.63, 3.8) is 0 Å². The first-order chi connectivity index (χ1) is 17.9. The monoisotopic (exact) mass is 516 g/mol. The third-order valence-electron chi connectivity index (χ3n) is 6.73. The van der Waals surface area contributed by atoms with Crippen molar-refractivity contribution in [2.75, 3.05) is 19.9 Å². The number of hydrogen-bond acceptors (Lipinski definition) is 9. The van der Waals surface area contributed by atoms with E-state index in [1.165, 1.54) is 11.1 Å². The molecule has 0 saturated carbocycles. The molecule has 0 aliphatic carbocycles. The minimum Gasteiger partial charge on any atom is -0.454 e. The van der Waals surface area contributed by atoms with Crippen LogP contribution in [0.3, 0.4) is 0 Å². The summed E-state index contributed by atoms with van der Waals surface area (Å²) in [5.41, 5.74) is 0.269. The van der Waals surface area contributed by atoms with Crippen LogP contribution in [0.25, 0.3) is 0 Å². The van der Waals surface area contributed by atoms with Gasteiger partial charge in [0.2, 0.25) is 24.9 Å². The number of esters is 1. The Bertz CT molecular complexity index is 1130. The van der Waals surface area contributed by atoms with Gasteiger partial charge in [-0.05, 0) is 44.4 Å². The topological polar surface area (TPSA) is 153 Å². The Kier molecular flexibility index (Phi) is 6.87. The number of benzene rings is 1. The highest BCUT2D eigenvalue weighted by Gasteiger charge is 2.46. The highest BCUT2D eigenvalue weighted by molar-refractivity contribution is 6.00. The second-order valence-electron chi connectivity index (χ2n) is 9.12. The van der Waals surface area contributed by atoms with E-state index in [0.29, 0.717) is 24.3 Å². The lowest BCUT2D eigenvalue weighted by molar-refractivity contribution is -0.177. The van der Waals surface area contributed by atoms with Gasteiger partial charge in [0.25, 0.3) is 11.8 Å². The Morgan fingerprint density at radius 2 is 1.92 bits per heavy atom. The molecule has 4 aliphatic rings. The van der Waals surface area contributed by atoms with Gasteiger partial charge in [0.15, 0.2) is 11.5 Å². The number of ether oxygens (including phenoxy) is 4. The highest BCUT2D eigenvalue weighted by atomic mass is 16.7. The number of hydrazine groups is 1. The van der Waals surface area contributed by atoms with E-state index in [-0.39, 0.29) is 50.7 Å². The van der Waals surface area contributed by atoms with Gasteiger partial charge in [-0.25, -0.2) is 5.01 Å². The molecule has 1 aromatic rings. The highest BCUT2D eigenvalue weighted by Crippen LogP contribution is 2.32. The van der Waals surface area contributed by atoms with E-state index in [1.807, 2.05) is 0 Å². The fourth-order valence-corrected chi connectivity index (χ4v) is 4.93. The smallest absolute Gasteiger partial charge is 0.310 e. The van der Waals surface area contributed by atoms with Crippen LogP contribution in [-0.4, -0.2) is 84.0 Å². The van der Waals surface area contributed by atoms with Crippen molar-refractivity contribution in [3.05, 3.63) is 23.8 Å². The molecule has 1 unspecified atom stereocenters. The predicted octanol–water partition coefficient (Wildman–Crippen LogP) is -0.164. The van der Waals surface area contributed by atoms with Gasteiger partial charge in [-0.1, -0.05) is 0 Å². The molecule has 13 heteroatoms. The molecular weight excluding hydrogens is 488 g/mol. The van der Waals surface area contributed by atoms with E-state index in [0.717, 1.165) is 5.01 Å². The van der Waals surface area contributed by atoms with Crippen LogP contribution in [0.15, 0.2) is 18.2 Å². The van der Waals surface area contributed by atoms with Gasteiger partial charge >= 0.3 is 5.97 Å². The van der Waals surface area contributed by atoms with Gasteiger partial charge in [-0.3, -0.25) is 29.0 Å². The average Bonchev–Trinajstić information content (AvgIpc) is 3.47. The van der Waals surface area contributed by atoms with Crippen molar-refractivity contribution in [1.82, 2.24) is 20.7 Å². The van der Waals surface area contributed by atoms with Crippen LogP contribution in [0.4, 0.5) is 0 Å². The number of amides is 4. The van der Waals surface area contributed by atoms with Crippen molar-refractivity contribution < 1.29 is 42.9 Å². The van der Waals surface area contributed by atoms with Gasteiger partial charge in [0.1, 0.15) is 18.1 Å². The molecule has 4 aliphatic heterocycles. The molecule has 3 saturated heterocycles.